The number of hydrogen-bond donors (Lipinski definition) is 0. The number of benzene rings is 1. The van der Waals surface area contributed by atoms with Crippen LogP contribution < -0.4 is 0 Å². The first-order chi connectivity index (χ1) is 5.67. The Hall–Kier alpha value is -1.04. The standard InChI is InChI=1S/C12H16/c1-4-10-12(2,3)11-8-6-5-7-9-11/h4-10H,1-3H3/b10-4+. The minimum absolute atomic E-state index is 0.163. The molecule has 1 aromatic rings. The van der Waals surface area contributed by atoms with E-state index in [2.05, 4.69) is 63.3 Å². The smallest absolute Gasteiger partial charge is 0.00752 e. The van der Waals surface area contributed by atoms with Gasteiger partial charge in [0.1, 0.15) is 0 Å². The first-order valence-corrected chi connectivity index (χ1v) is 4.36. The molecule has 0 unspecified atom stereocenters. The predicted octanol–water partition coefficient (Wildman–Crippen LogP) is 3.54. The molecule has 0 aliphatic carbocycles. The minimum atomic E-state index is 0.163. The zero-order valence-electron chi connectivity index (χ0n) is 8.04. The molecule has 0 radical (unpaired) electrons. The van der Waals surface area contributed by atoms with Crippen molar-refractivity contribution in [1.29, 1.82) is 0 Å². The Morgan fingerprint density at radius 1 is 1.08 bits per heavy atom. The number of hydrogen-bond acceptors (Lipinski definition) is 0. The summed E-state index contributed by atoms with van der Waals surface area (Å²) >= 11 is 0. The Morgan fingerprint density at radius 2 is 1.67 bits per heavy atom. The highest BCUT2D eigenvalue weighted by Gasteiger charge is 2.14. The van der Waals surface area contributed by atoms with E-state index >= 15 is 0 Å². The lowest BCUT2D eigenvalue weighted by Gasteiger charge is -2.20. The van der Waals surface area contributed by atoms with Crippen molar-refractivity contribution in [3.63, 3.8) is 0 Å². The molecule has 12 heavy (non-hydrogen) atoms. The fourth-order valence-corrected chi connectivity index (χ4v) is 1.38. The lowest BCUT2D eigenvalue weighted by molar-refractivity contribution is 0.669. The van der Waals surface area contributed by atoms with Crippen LogP contribution in [0.2, 0.25) is 0 Å². The molecule has 0 aromatic heterocycles. The molecule has 0 nitrogen and oxygen atoms in total. The molecule has 0 saturated heterocycles. The summed E-state index contributed by atoms with van der Waals surface area (Å²) in [5.41, 5.74) is 1.53. The monoisotopic (exact) mass is 160 g/mol. The van der Waals surface area contributed by atoms with Crippen LogP contribution in [0.1, 0.15) is 26.3 Å². The van der Waals surface area contributed by atoms with Gasteiger partial charge in [-0.05, 0) is 12.5 Å². The van der Waals surface area contributed by atoms with E-state index in [1.54, 1.807) is 0 Å². The van der Waals surface area contributed by atoms with Crippen molar-refractivity contribution in [3.8, 4) is 0 Å². The van der Waals surface area contributed by atoms with Crippen LogP contribution in [0.3, 0.4) is 0 Å². The number of rotatable bonds is 2. The highest BCUT2D eigenvalue weighted by Crippen LogP contribution is 2.23. The summed E-state index contributed by atoms with van der Waals surface area (Å²) in [4.78, 5) is 0. The number of allylic oxidation sites excluding steroid dienone is 2. The highest BCUT2D eigenvalue weighted by molar-refractivity contribution is 5.28. The third kappa shape index (κ3) is 1.97. The van der Waals surface area contributed by atoms with Crippen molar-refractivity contribution in [1.82, 2.24) is 0 Å². The van der Waals surface area contributed by atoms with Gasteiger partial charge in [0.15, 0.2) is 0 Å². The van der Waals surface area contributed by atoms with Crippen LogP contribution in [0.5, 0.6) is 0 Å². The van der Waals surface area contributed by atoms with Gasteiger partial charge in [0.2, 0.25) is 0 Å². The van der Waals surface area contributed by atoms with Crippen molar-refractivity contribution in [2.75, 3.05) is 0 Å². The maximum absolute atomic E-state index is 2.22. The van der Waals surface area contributed by atoms with Gasteiger partial charge in [0.05, 0.1) is 0 Å². The molecule has 1 rings (SSSR count). The van der Waals surface area contributed by atoms with Crippen molar-refractivity contribution >= 4 is 0 Å². The van der Waals surface area contributed by atoms with E-state index in [0.717, 1.165) is 0 Å². The summed E-state index contributed by atoms with van der Waals surface area (Å²) in [5, 5.41) is 0. The Morgan fingerprint density at radius 3 is 2.17 bits per heavy atom. The van der Waals surface area contributed by atoms with E-state index in [4.69, 9.17) is 0 Å². The normalized spacial score (nSPS) is 12.2. The second-order valence-corrected chi connectivity index (χ2v) is 3.59. The summed E-state index contributed by atoms with van der Waals surface area (Å²) in [7, 11) is 0. The Balaban J connectivity index is 2.97. The fourth-order valence-electron chi connectivity index (χ4n) is 1.38. The molecule has 0 heterocycles. The summed E-state index contributed by atoms with van der Waals surface area (Å²) in [5.74, 6) is 0. The Labute approximate surface area is 74.9 Å². The minimum Gasteiger partial charge on any atom is -0.0908 e. The van der Waals surface area contributed by atoms with Crippen LogP contribution in [0.15, 0.2) is 42.5 Å². The highest BCUT2D eigenvalue weighted by atomic mass is 14.2. The summed E-state index contributed by atoms with van der Waals surface area (Å²) < 4.78 is 0. The lowest BCUT2D eigenvalue weighted by Crippen LogP contribution is -2.12. The van der Waals surface area contributed by atoms with Crippen molar-refractivity contribution in [2.45, 2.75) is 26.2 Å². The maximum Gasteiger partial charge on any atom is 0.00752 e. The molecule has 64 valence electrons. The predicted molar refractivity (Wildman–Crippen MR) is 54.3 cm³/mol. The summed E-state index contributed by atoms with van der Waals surface area (Å²) in [6.07, 6.45) is 4.33. The first kappa shape index (κ1) is 9.05. The molecule has 0 bridgehead atoms. The third-order valence-corrected chi connectivity index (χ3v) is 2.10. The summed E-state index contributed by atoms with van der Waals surface area (Å²) in [6.45, 7) is 6.51. The zero-order valence-corrected chi connectivity index (χ0v) is 8.04. The van der Waals surface area contributed by atoms with E-state index in [1.807, 2.05) is 0 Å². The Bertz CT molecular complexity index is 255. The molecule has 1 aromatic carbocycles. The van der Waals surface area contributed by atoms with Gasteiger partial charge in [-0.15, -0.1) is 0 Å². The van der Waals surface area contributed by atoms with Gasteiger partial charge in [-0.25, -0.2) is 0 Å². The van der Waals surface area contributed by atoms with Crippen LogP contribution in [0.4, 0.5) is 0 Å². The fraction of sp³-hybridized carbons (Fsp3) is 0.333. The molecule has 0 aliphatic heterocycles. The molecular formula is C12H16. The molecule has 0 amide bonds. The van der Waals surface area contributed by atoms with Crippen molar-refractivity contribution < 1.29 is 0 Å². The van der Waals surface area contributed by atoms with E-state index in [-0.39, 0.29) is 5.41 Å². The molecule has 0 fully saturated rings. The van der Waals surface area contributed by atoms with E-state index in [0.29, 0.717) is 0 Å². The van der Waals surface area contributed by atoms with Gasteiger partial charge in [-0.2, -0.15) is 0 Å². The van der Waals surface area contributed by atoms with Crippen LogP contribution >= 0.6 is 0 Å². The molecule has 0 atom stereocenters. The van der Waals surface area contributed by atoms with E-state index in [1.165, 1.54) is 5.56 Å². The van der Waals surface area contributed by atoms with Gasteiger partial charge < -0.3 is 0 Å². The van der Waals surface area contributed by atoms with Gasteiger partial charge in [-0.3, -0.25) is 0 Å². The molecule has 0 spiro atoms. The molecular weight excluding hydrogens is 144 g/mol. The SMILES string of the molecule is C/C=C/C(C)(C)c1ccccc1. The van der Waals surface area contributed by atoms with Gasteiger partial charge in [-0.1, -0.05) is 56.3 Å². The van der Waals surface area contributed by atoms with Crippen LogP contribution in [0.25, 0.3) is 0 Å². The van der Waals surface area contributed by atoms with Gasteiger partial charge in [0, 0.05) is 5.41 Å². The second-order valence-electron chi connectivity index (χ2n) is 3.59. The van der Waals surface area contributed by atoms with Gasteiger partial charge in [0.25, 0.3) is 0 Å². The summed E-state index contributed by atoms with van der Waals surface area (Å²) in [6, 6.07) is 10.6. The largest absolute Gasteiger partial charge is 0.0908 e. The molecule has 0 N–H and O–H groups in total. The molecule has 0 aliphatic rings. The quantitative estimate of drug-likeness (QED) is 0.580. The first-order valence-electron chi connectivity index (χ1n) is 4.36. The van der Waals surface area contributed by atoms with Crippen LogP contribution in [-0.2, 0) is 5.41 Å². The second kappa shape index (κ2) is 3.57. The van der Waals surface area contributed by atoms with Crippen molar-refractivity contribution in [2.24, 2.45) is 0 Å². The third-order valence-electron chi connectivity index (χ3n) is 2.10. The average molecular weight is 160 g/mol. The lowest BCUT2D eigenvalue weighted by atomic mass is 9.84. The van der Waals surface area contributed by atoms with Crippen LogP contribution in [0, 0.1) is 0 Å². The average Bonchev–Trinajstić information content (AvgIpc) is 2.06. The molecule has 0 saturated carbocycles. The van der Waals surface area contributed by atoms with Crippen LogP contribution in [-0.4, -0.2) is 0 Å². The van der Waals surface area contributed by atoms with Gasteiger partial charge >= 0.3 is 0 Å². The Kier molecular flexibility index (Phi) is 2.69. The zero-order chi connectivity index (χ0) is 9.03. The topological polar surface area (TPSA) is 0 Å². The maximum atomic E-state index is 2.22. The molecule has 0 heteroatoms. The van der Waals surface area contributed by atoms with E-state index in [9.17, 15) is 0 Å². The van der Waals surface area contributed by atoms with Crippen molar-refractivity contribution in [3.05, 3.63) is 48.0 Å². The van der Waals surface area contributed by atoms with E-state index < -0.39 is 0 Å².